The summed E-state index contributed by atoms with van der Waals surface area (Å²) >= 11 is 0. The van der Waals surface area contributed by atoms with Crippen molar-refractivity contribution >= 4 is 5.97 Å². The first kappa shape index (κ1) is 10.1. The van der Waals surface area contributed by atoms with E-state index in [9.17, 15) is 4.79 Å². The summed E-state index contributed by atoms with van der Waals surface area (Å²) in [6.07, 6.45) is 1.04. The summed E-state index contributed by atoms with van der Waals surface area (Å²) in [6.45, 7) is 4.71. The van der Waals surface area contributed by atoms with Crippen molar-refractivity contribution in [3.05, 3.63) is 12.7 Å². The van der Waals surface area contributed by atoms with Crippen LogP contribution in [0.2, 0.25) is 0 Å². The highest BCUT2D eigenvalue weighted by Crippen LogP contribution is 2.11. The van der Waals surface area contributed by atoms with E-state index in [2.05, 4.69) is 11.3 Å². The Hall–Kier alpha value is -0.870. The minimum absolute atomic E-state index is 0.587. The van der Waals surface area contributed by atoms with Crippen LogP contribution in [0.25, 0.3) is 0 Å². The average Bonchev–Trinajstić information content (AvgIpc) is 2.04. The van der Waals surface area contributed by atoms with E-state index in [0.29, 0.717) is 0 Å². The Kier molecular flexibility index (Phi) is 3.78. The molecule has 0 aromatic carbocycles. The van der Waals surface area contributed by atoms with Crippen molar-refractivity contribution in [2.75, 3.05) is 14.2 Å². The molecule has 0 fully saturated rings. The Morgan fingerprint density at radius 3 is 2.18 bits per heavy atom. The van der Waals surface area contributed by atoms with E-state index in [-0.39, 0.29) is 0 Å². The summed E-state index contributed by atoms with van der Waals surface area (Å²) in [6, 6.07) is 0. The first-order valence-electron chi connectivity index (χ1n) is 3.03. The van der Waals surface area contributed by atoms with Crippen molar-refractivity contribution in [3.8, 4) is 0 Å². The maximum absolute atomic E-state index is 10.6. The van der Waals surface area contributed by atoms with Crippen molar-refractivity contribution in [1.29, 1.82) is 0 Å². The van der Waals surface area contributed by atoms with Gasteiger partial charge in [-0.3, -0.25) is 0 Å². The Morgan fingerprint density at radius 2 is 1.91 bits per heavy atom. The number of rotatable bonds is 4. The number of carbonyl (C=O) groups excluding carboxylic acids is 1. The van der Waals surface area contributed by atoms with Gasteiger partial charge < -0.3 is 14.2 Å². The first-order chi connectivity index (χ1) is 5.08. The number of hydrogen-bond donors (Lipinski definition) is 0. The molecule has 0 saturated heterocycles. The lowest BCUT2D eigenvalue weighted by Crippen LogP contribution is -2.35. The third-order valence-corrected chi connectivity index (χ3v) is 1.19. The van der Waals surface area contributed by atoms with Crippen LogP contribution in [0.1, 0.15) is 6.92 Å². The van der Waals surface area contributed by atoms with Crippen LogP contribution in [0.15, 0.2) is 12.7 Å². The van der Waals surface area contributed by atoms with Crippen molar-refractivity contribution in [1.82, 2.24) is 0 Å². The number of methoxy groups -OCH3 is 2. The minimum atomic E-state index is -1.31. The van der Waals surface area contributed by atoms with E-state index in [0.717, 1.165) is 6.08 Å². The van der Waals surface area contributed by atoms with Crippen molar-refractivity contribution < 1.29 is 19.0 Å². The van der Waals surface area contributed by atoms with Gasteiger partial charge in [-0.25, -0.2) is 4.79 Å². The molecule has 4 heteroatoms. The zero-order valence-electron chi connectivity index (χ0n) is 6.92. The fourth-order valence-electron chi connectivity index (χ4n) is 0.391. The van der Waals surface area contributed by atoms with Gasteiger partial charge >= 0.3 is 11.9 Å². The van der Waals surface area contributed by atoms with Crippen molar-refractivity contribution in [2.45, 2.75) is 12.9 Å². The average molecular weight is 160 g/mol. The van der Waals surface area contributed by atoms with Gasteiger partial charge in [0.25, 0.3) is 0 Å². The summed E-state index contributed by atoms with van der Waals surface area (Å²) in [5.41, 5.74) is 0. The quantitative estimate of drug-likeness (QED) is 0.344. The van der Waals surface area contributed by atoms with Gasteiger partial charge in [0.15, 0.2) is 0 Å². The number of carbonyl (C=O) groups is 1. The van der Waals surface area contributed by atoms with Gasteiger partial charge in [-0.15, -0.1) is 0 Å². The number of esters is 1. The van der Waals surface area contributed by atoms with Crippen LogP contribution in [0.3, 0.4) is 0 Å². The molecule has 0 rings (SSSR count). The monoisotopic (exact) mass is 160 g/mol. The third kappa shape index (κ3) is 3.15. The summed E-state index contributed by atoms with van der Waals surface area (Å²) in [4.78, 5) is 10.6. The fraction of sp³-hybridized carbons (Fsp3) is 0.571. The molecule has 0 aliphatic heterocycles. The second-order valence-electron chi connectivity index (χ2n) is 1.90. The second-order valence-corrected chi connectivity index (χ2v) is 1.90. The minimum Gasteiger partial charge on any atom is -0.405 e. The molecular formula is C7H12O4. The summed E-state index contributed by atoms with van der Waals surface area (Å²) < 4.78 is 14.2. The Balaban J connectivity index is 4.06. The smallest absolute Gasteiger partial charge is 0.334 e. The van der Waals surface area contributed by atoms with Crippen LogP contribution in [-0.2, 0) is 19.0 Å². The largest absolute Gasteiger partial charge is 0.405 e. The van der Waals surface area contributed by atoms with E-state index >= 15 is 0 Å². The van der Waals surface area contributed by atoms with Gasteiger partial charge in [0.2, 0.25) is 0 Å². The highest BCUT2D eigenvalue weighted by Gasteiger charge is 2.26. The van der Waals surface area contributed by atoms with Gasteiger partial charge in [0.05, 0.1) is 0 Å². The lowest BCUT2D eigenvalue weighted by atomic mass is 10.6. The van der Waals surface area contributed by atoms with Crippen LogP contribution in [0, 0.1) is 0 Å². The molecule has 0 aromatic rings. The number of hydrogen-bond acceptors (Lipinski definition) is 4. The summed E-state index contributed by atoms with van der Waals surface area (Å²) in [5.74, 6) is -1.90. The van der Waals surface area contributed by atoms with E-state index < -0.39 is 11.9 Å². The maximum atomic E-state index is 10.6. The Bertz CT molecular complexity index is 149. The van der Waals surface area contributed by atoms with E-state index in [1.165, 1.54) is 21.1 Å². The van der Waals surface area contributed by atoms with Gasteiger partial charge in [0, 0.05) is 27.2 Å². The molecule has 0 N–H and O–H groups in total. The second kappa shape index (κ2) is 4.10. The van der Waals surface area contributed by atoms with Gasteiger partial charge in [-0.05, 0) is 0 Å². The van der Waals surface area contributed by atoms with Crippen LogP contribution in [0.5, 0.6) is 0 Å². The predicted molar refractivity (Wildman–Crippen MR) is 38.7 cm³/mol. The van der Waals surface area contributed by atoms with Gasteiger partial charge in [-0.2, -0.15) is 0 Å². The molecule has 0 aliphatic carbocycles. The molecule has 0 heterocycles. The van der Waals surface area contributed by atoms with Crippen molar-refractivity contribution in [3.63, 3.8) is 0 Å². The Labute approximate surface area is 65.7 Å². The highest BCUT2D eigenvalue weighted by molar-refractivity contribution is 5.81. The molecule has 0 unspecified atom stereocenters. The van der Waals surface area contributed by atoms with Gasteiger partial charge in [-0.1, -0.05) is 6.58 Å². The molecule has 0 spiro atoms. The first-order valence-corrected chi connectivity index (χ1v) is 3.03. The predicted octanol–water partition coefficient (Wildman–Crippen LogP) is 0.682. The molecule has 4 nitrogen and oxygen atoms in total. The third-order valence-electron chi connectivity index (χ3n) is 1.19. The van der Waals surface area contributed by atoms with Crippen LogP contribution < -0.4 is 0 Å². The Morgan fingerprint density at radius 1 is 1.45 bits per heavy atom. The standard InChI is InChI=1S/C7H12O4/c1-5-6(8)11-7(2,9-3)10-4/h5H,1H2,2-4H3. The summed E-state index contributed by atoms with van der Waals surface area (Å²) in [5, 5.41) is 0. The van der Waals surface area contributed by atoms with E-state index in [4.69, 9.17) is 9.47 Å². The normalized spacial score (nSPS) is 10.8. The lowest BCUT2D eigenvalue weighted by Gasteiger charge is -2.24. The molecule has 0 bridgehead atoms. The lowest BCUT2D eigenvalue weighted by molar-refractivity contribution is -0.330. The molecule has 0 aliphatic rings. The van der Waals surface area contributed by atoms with Crippen LogP contribution in [-0.4, -0.2) is 26.2 Å². The van der Waals surface area contributed by atoms with E-state index in [1.54, 1.807) is 0 Å². The zero-order chi connectivity index (χ0) is 8.91. The topological polar surface area (TPSA) is 44.8 Å². The molecule has 64 valence electrons. The van der Waals surface area contributed by atoms with Crippen LogP contribution >= 0.6 is 0 Å². The molecule has 0 aromatic heterocycles. The summed E-state index contributed by atoms with van der Waals surface area (Å²) in [7, 11) is 2.75. The fourth-order valence-corrected chi connectivity index (χ4v) is 0.391. The molecular weight excluding hydrogens is 148 g/mol. The maximum Gasteiger partial charge on any atom is 0.334 e. The molecule has 0 saturated carbocycles. The van der Waals surface area contributed by atoms with E-state index in [1.807, 2.05) is 0 Å². The van der Waals surface area contributed by atoms with Gasteiger partial charge in [0.1, 0.15) is 0 Å². The SMILES string of the molecule is C=CC(=O)OC(C)(OC)OC. The molecule has 0 atom stereocenters. The molecule has 0 radical (unpaired) electrons. The zero-order valence-corrected chi connectivity index (χ0v) is 6.92. The molecule has 0 amide bonds. The molecule has 11 heavy (non-hydrogen) atoms. The van der Waals surface area contributed by atoms with Crippen molar-refractivity contribution in [2.24, 2.45) is 0 Å². The highest BCUT2D eigenvalue weighted by atomic mass is 16.9. The number of ether oxygens (including phenoxy) is 3. The van der Waals surface area contributed by atoms with Crippen LogP contribution in [0.4, 0.5) is 0 Å².